The first-order chi connectivity index (χ1) is 17.1. The molecule has 212 valence electrons. The molecule has 11 nitrogen and oxygen atoms in total. The summed E-state index contributed by atoms with van der Waals surface area (Å²) in [4.78, 5) is 15.4. The molecular formula is C24H41N3O8S2. The van der Waals surface area contributed by atoms with Crippen LogP contribution in [-0.4, -0.2) is 101 Å². The van der Waals surface area contributed by atoms with E-state index in [4.69, 9.17) is 9.47 Å². The molecule has 1 heterocycles. The monoisotopic (exact) mass is 563 g/mol. The normalized spacial score (nSPS) is 23.6. The summed E-state index contributed by atoms with van der Waals surface area (Å²) in [5.41, 5.74) is 0.378. The van der Waals surface area contributed by atoms with Crippen molar-refractivity contribution in [3.8, 4) is 5.75 Å². The van der Waals surface area contributed by atoms with Crippen LogP contribution in [0.2, 0.25) is 0 Å². The number of carbonyl (C=O) groups excluding carboxylic acids is 1. The smallest absolute Gasteiger partial charge is 0.258 e. The van der Waals surface area contributed by atoms with E-state index in [0.717, 1.165) is 25.4 Å². The number of sulfonamides is 2. The molecule has 0 radical (unpaired) electrons. The molecule has 2 N–H and O–H groups in total. The van der Waals surface area contributed by atoms with Crippen LogP contribution in [0.4, 0.5) is 5.69 Å². The zero-order valence-corrected chi connectivity index (χ0v) is 24.1. The molecule has 0 spiro atoms. The van der Waals surface area contributed by atoms with Gasteiger partial charge in [0.2, 0.25) is 20.0 Å². The van der Waals surface area contributed by atoms with Crippen molar-refractivity contribution >= 4 is 31.6 Å². The second-order valence-corrected chi connectivity index (χ2v) is 13.8. The number of aliphatic hydroxyl groups excluding tert-OH is 1. The van der Waals surface area contributed by atoms with E-state index in [1.807, 2.05) is 13.8 Å². The van der Waals surface area contributed by atoms with Gasteiger partial charge >= 0.3 is 0 Å². The number of benzene rings is 1. The largest absolute Gasteiger partial charge is 0.490 e. The number of anilines is 1. The summed E-state index contributed by atoms with van der Waals surface area (Å²) in [6, 6.07) is 3.97. The Balaban J connectivity index is 2.52. The first-order valence-electron chi connectivity index (χ1n) is 12.4. The molecule has 2 rings (SSSR count). The maximum Gasteiger partial charge on any atom is 0.258 e. The quantitative estimate of drug-likeness (QED) is 0.511. The number of ether oxygens (including phenoxy) is 2. The van der Waals surface area contributed by atoms with Gasteiger partial charge in [0, 0.05) is 38.3 Å². The summed E-state index contributed by atoms with van der Waals surface area (Å²) in [6.45, 7) is 5.88. The first kappa shape index (κ1) is 31.3. The van der Waals surface area contributed by atoms with Gasteiger partial charge in [-0.15, -0.1) is 0 Å². The topological polar surface area (TPSA) is 143 Å². The summed E-state index contributed by atoms with van der Waals surface area (Å²) in [6.07, 6.45) is 3.68. The Morgan fingerprint density at radius 3 is 2.46 bits per heavy atom. The van der Waals surface area contributed by atoms with Crippen molar-refractivity contribution in [2.45, 2.75) is 58.3 Å². The van der Waals surface area contributed by atoms with E-state index in [-0.39, 0.29) is 43.0 Å². The van der Waals surface area contributed by atoms with Gasteiger partial charge in [-0.3, -0.25) is 9.52 Å². The average molecular weight is 564 g/mol. The number of aliphatic hydroxyl groups is 1. The molecule has 0 unspecified atom stereocenters. The zero-order valence-electron chi connectivity index (χ0n) is 22.5. The van der Waals surface area contributed by atoms with Gasteiger partial charge in [-0.1, -0.05) is 6.92 Å². The van der Waals surface area contributed by atoms with Crippen molar-refractivity contribution in [2.24, 2.45) is 5.92 Å². The van der Waals surface area contributed by atoms with Gasteiger partial charge in [-0.25, -0.2) is 21.1 Å². The Morgan fingerprint density at radius 1 is 1.19 bits per heavy atom. The molecule has 4 atom stereocenters. The van der Waals surface area contributed by atoms with Crippen molar-refractivity contribution in [3.05, 3.63) is 23.8 Å². The van der Waals surface area contributed by atoms with Crippen LogP contribution in [-0.2, 0) is 24.8 Å². The van der Waals surface area contributed by atoms with Crippen LogP contribution in [0, 0.1) is 5.92 Å². The highest BCUT2D eigenvalue weighted by Gasteiger charge is 2.31. The first-order valence-corrected chi connectivity index (χ1v) is 16.1. The zero-order chi connectivity index (χ0) is 28.0. The number of carbonyl (C=O) groups is 1. The third-order valence-corrected chi connectivity index (χ3v) is 8.25. The van der Waals surface area contributed by atoms with E-state index < -0.39 is 38.1 Å². The number of fused-ring (bicyclic) bond motifs is 1. The Bertz CT molecular complexity index is 1130. The second-order valence-electron chi connectivity index (χ2n) is 9.93. The minimum absolute atomic E-state index is 0.119. The maximum atomic E-state index is 13.9. The highest BCUT2D eigenvalue weighted by Crippen LogP contribution is 2.28. The molecule has 13 heteroatoms. The minimum atomic E-state index is -3.58. The van der Waals surface area contributed by atoms with Gasteiger partial charge in [-0.05, 0) is 51.3 Å². The summed E-state index contributed by atoms with van der Waals surface area (Å²) in [5.74, 6) is -0.410. The Morgan fingerprint density at radius 2 is 1.86 bits per heavy atom. The van der Waals surface area contributed by atoms with Gasteiger partial charge in [0.25, 0.3) is 5.91 Å². The van der Waals surface area contributed by atoms with E-state index in [0.29, 0.717) is 18.8 Å². The third kappa shape index (κ3) is 9.71. The van der Waals surface area contributed by atoms with Gasteiger partial charge in [0.05, 0.1) is 42.9 Å². The van der Waals surface area contributed by atoms with Crippen LogP contribution in [0.3, 0.4) is 0 Å². The van der Waals surface area contributed by atoms with Crippen molar-refractivity contribution < 1.29 is 36.2 Å². The maximum absolute atomic E-state index is 13.9. The van der Waals surface area contributed by atoms with E-state index in [2.05, 4.69) is 4.72 Å². The lowest BCUT2D eigenvalue weighted by molar-refractivity contribution is -0.00828. The van der Waals surface area contributed by atoms with Gasteiger partial charge in [0.15, 0.2) is 0 Å². The van der Waals surface area contributed by atoms with Crippen LogP contribution in [0.5, 0.6) is 5.75 Å². The molecule has 37 heavy (non-hydrogen) atoms. The molecule has 0 saturated carbocycles. The molecule has 1 aliphatic rings. The fourth-order valence-electron chi connectivity index (χ4n) is 4.05. The molecule has 1 aliphatic heterocycles. The lowest BCUT2D eigenvalue weighted by Gasteiger charge is -2.35. The van der Waals surface area contributed by atoms with Crippen LogP contribution >= 0.6 is 0 Å². The molecule has 0 saturated heterocycles. The predicted octanol–water partition coefficient (Wildman–Crippen LogP) is 1.75. The fraction of sp³-hybridized carbons (Fsp3) is 0.708. The van der Waals surface area contributed by atoms with Crippen LogP contribution in [0.1, 0.15) is 50.4 Å². The number of rotatable bonds is 7. The Hall–Kier alpha value is -1.93. The summed E-state index contributed by atoms with van der Waals surface area (Å²) in [5, 5.41) is 9.94. The lowest BCUT2D eigenvalue weighted by atomic mass is 10.0. The molecule has 1 aromatic carbocycles. The van der Waals surface area contributed by atoms with Crippen molar-refractivity contribution in [1.82, 2.24) is 9.21 Å². The van der Waals surface area contributed by atoms with Crippen molar-refractivity contribution in [3.63, 3.8) is 0 Å². The van der Waals surface area contributed by atoms with E-state index in [1.54, 1.807) is 13.0 Å². The molecule has 0 bridgehead atoms. The SMILES string of the molecule is C[C@H]1CCCCO[C@H](CN(C)S(C)(=O)=O)[C@@H](C)CN([C@@H](C)CO)C(=O)c2cc(NS(C)(=O)=O)ccc2O1. The van der Waals surface area contributed by atoms with E-state index in [1.165, 1.54) is 28.4 Å². The number of hydrogen-bond donors (Lipinski definition) is 2. The summed E-state index contributed by atoms with van der Waals surface area (Å²) >= 11 is 0. The number of likely N-dealkylation sites (N-methyl/N-ethyl adjacent to an activating group) is 1. The Kier molecular flexibility index (Phi) is 11.2. The lowest BCUT2D eigenvalue weighted by Crippen LogP contribution is -2.47. The molecule has 0 aromatic heterocycles. The number of hydrogen-bond acceptors (Lipinski definition) is 8. The van der Waals surface area contributed by atoms with Crippen LogP contribution in [0.15, 0.2) is 18.2 Å². The highest BCUT2D eigenvalue weighted by molar-refractivity contribution is 7.92. The average Bonchev–Trinajstić information content (AvgIpc) is 2.79. The van der Waals surface area contributed by atoms with E-state index in [9.17, 15) is 26.7 Å². The van der Waals surface area contributed by atoms with Crippen molar-refractivity contribution in [1.29, 1.82) is 0 Å². The number of nitrogens with one attached hydrogen (secondary N) is 1. The fourth-order valence-corrected chi connectivity index (χ4v) is 5.02. The van der Waals surface area contributed by atoms with Crippen molar-refractivity contribution in [2.75, 3.05) is 50.6 Å². The number of nitrogens with zero attached hydrogens (tertiary/aromatic N) is 2. The predicted molar refractivity (Wildman–Crippen MR) is 143 cm³/mol. The van der Waals surface area contributed by atoms with Gasteiger partial charge in [-0.2, -0.15) is 0 Å². The third-order valence-electron chi connectivity index (χ3n) is 6.36. The second kappa shape index (κ2) is 13.2. The minimum Gasteiger partial charge on any atom is -0.490 e. The standard InChI is InChI=1S/C24H41N3O8S2/c1-17-14-27(18(2)16-28)24(29)21-13-20(25-36(5,30)31)10-11-22(21)35-19(3)9-7-8-12-34-23(17)15-26(4)37(6,32)33/h10-11,13,17-19,23,25,28H,7-9,12,14-16H2,1-6H3/t17-,18-,19-,23+/m0/s1. The molecule has 0 aliphatic carbocycles. The molecule has 1 amide bonds. The Labute approximate surface area is 221 Å². The highest BCUT2D eigenvalue weighted by atomic mass is 32.2. The number of amides is 1. The van der Waals surface area contributed by atoms with Crippen LogP contribution in [0.25, 0.3) is 0 Å². The molecule has 0 fully saturated rings. The summed E-state index contributed by atoms with van der Waals surface area (Å²) in [7, 11) is -5.53. The van der Waals surface area contributed by atoms with Gasteiger partial charge in [0.1, 0.15) is 5.75 Å². The molecular weight excluding hydrogens is 522 g/mol. The summed E-state index contributed by atoms with van der Waals surface area (Å²) < 4.78 is 63.6. The van der Waals surface area contributed by atoms with Crippen LogP contribution < -0.4 is 9.46 Å². The van der Waals surface area contributed by atoms with Gasteiger partial charge < -0.3 is 19.5 Å². The molecule has 1 aromatic rings. The van der Waals surface area contributed by atoms with E-state index >= 15 is 0 Å².